The zero-order valence-electron chi connectivity index (χ0n) is 13.7. The van der Waals surface area contributed by atoms with Crippen LogP contribution in [0.1, 0.15) is 10.4 Å². The van der Waals surface area contributed by atoms with Crippen LogP contribution in [-0.2, 0) is 19.6 Å². The molecule has 0 spiro atoms. The fraction of sp³-hybridized carbons (Fsp3) is 0.467. The van der Waals surface area contributed by atoms with Crippen LogP contribution in [0.15, 0.2) is 29.2 Å². The Labute approximate surface area is 141 Å². The maximum absolute atomic E-state index is 12.6. The molecule has 1 aromatic rings. The van der Waals surface area contributed by atoms with Crippen molar-refractivity contribution in [3.63, 3.8) is 0 Å². The van der Waals surface area contributed by atoms with Crippen LogP contribution in [0.3, 0.4) is 0 Å². The van der Waals surface area contributed by atoms with Gasteiger partial charge in [-0.2, -0.15) is 4.31 Å². The smallest absolute Gasteiger partial charge is 0.337 e. The largest absolute Gasteiger partial charge is 0.465 e. The van der Waals surface area contributed by atoms with Crippen molar-refractivity contribution >= 4 is 21.9 Å². The summed E-state index contributed by atoms with van der Waals surface area (Å²) in [6.07, 6.45) is 0. The van der Waals surface area contributed by atoms with E-state index in [1.165, 1.54) is 38.4 Å². The number of likely N-dealkylation sites (N-methyl/N-ethyl adjacent to an activating group) is 1. The van der Waals surface area contributed by atoms with E-state index in [0.29, 0.717) is 26.2 Å². The number of ether oxygens (including phenoxy) is 1. The number of nitrogens with zero attached hydrogens (tertiary/aromatic N) is 2. The highest BCUT2D eigenvalue weighted by Crippen LogP contribution is 2.16. The summed E-state index contributed by atoms with van der Waals surface area (Å²) in [4.78, 5) is 25.4. The van der Waals surface area contributed by atoms with Crippen molar-refractivity contribution in [2.24, 2.45) is 0 Å². The maximum Gasteiger partial charge on any atom is 0.337 e. The van der Waals surface area contributed by atoms with Crippen molar-refractivity contribution in [1.82, 2.24) is 14.5 Å². The molecule has 9 heteroatoms. The molecule has 1 aliphatic rings. The number of nitrogens with one attached hydrogen (secondary N) is 1. The predicted octanol–water partition coefficient (Wildman–Crippen LogP) is -0.474. The summed E-state index contributed by atoms with van der Waals surface area (Å²) in [6, 6.07) is 5.56. The molecule has 1 aromatic carbocycles. The molecule has 8 nitrogen and oxygen atoms in total. The van der Waals surface area contributed by atoms with E-state index in [-0.39, 0.29) is 22.9 Å². The summed E-state index contributed by atoms with van der Waals surface area (Å²) in [6.45, 7) is 2.27. The molecule has 0 radical (unpaired) electrons. The van der Waals surface area contributed by atoms with Crippen molar-refractivity contribution in [3.05, 3.63) is 29.8 Å². The molecule has 0 aliphatic carbocycles. The van der Waals surface area contributed by atoms with Crippen LogP contribution >= 0.6 is 0 Å². The molecule has 132 valence electrons. The van der Waals surface area contributed by atoms with Crippen molar-refractivity contribution in [2.45, 2.75) is 4.90 Å². The lowest BCUT2D eigenvalue weighted by molar-refractivity contribution is -0.131. The molecule has 1 amide bonds. The minimum atomic E-state index is -3.87. The number of benzene rings is 1. The van der Waals surface area contributed by atoms with Gasteiger partial charge in [-0.05, 0) is 18.2 Å². The lowest BCUT2D eigenvalue weighted by atomic mass is 10.2. The van der Waals surface area contributed by atoms with Crippen molar-refractivity contribution in [3.8, 4) is 0 Å². The van der Waals surface area contributed by atoms with Crippen molar-refractivity contribution < 1.29 is 22.7 Å². The molecular formula is C15H21N3O5S. The number of sulfonamides is 1. The number of esters is 1. The first-order chi connectivity index (χ1) is 11.4. The standard InChI is InChI=1S/C15H21N3O5S/c1-17(11-14(19)18-8-6-16-7-9-18)24(21,22)13-5-3-4-12(10-13)15(20)23-2/h3-5,10,16H,6-9,11H2,1-2H3. The highest BCUT2D eigenvalue weighted by molar-refractivity contribution is 7.89. The first-order valence-electron chi connectivity index (χ1n) is 7.49. The van der Waals surface area contributed by atoms with E-state index < -0.39 is 16.0 Å². The van der Waals surface area contributed by atoms with Gasteiger partial charge in [-0.15, -0.1) is 0 Å². The zero-order valence-corrected chi connectivity index (χ0v) is 14.5. The Morgan fingerprint density at radius 1 is 1.29 bits per heavy atom. The summed E-state index contributed by atoms with van der Waals surface area (Å²) in [5.41, 5.74) is 0.139. The van der Waals surface area contributed by atoms with Gasteiger partial charge in [0.15, 0.2) is 0 Å². The molecule has 0 atom stereocenters. The van der Waals surface area contributed by atoms with Crippen LogP contribution in [0.4, 0.5) is 0 Å². The van der Waals surface area contributed by atoms with E-state index in [0.717, 1.165) is 4.31 Å². The quantitative estimate of drug-likeness (QED) is 0.717. The molecule has 1 heterocycles. The SMILES string of the molecule is COC(=O)c1cccc(S(=O)(=O)N(C)CC(=O)N2CCNCC2)c1. The molecule has 0 saturated carbocycles. The number of carbonyl (C=O) groups excluding carboxylic acids is 2. The number of amides is 1. The Morgan fingerprint density at radius 2 is 1.96 bits per heavy atom. The van der Waals surface area contributed by atoms with Crippen LogP contribution in [0.25, 0.3) is 0 Å². The number of rotatable bonds is 5. The molecule has 1 saturated heterocycles. The van der Waals surface area contributed by atoms with Crippen molar-refractivity contribution in [2.75, 3.05) is 46.9 Å². The van der Waals surface area contributed by atoms with E-state index in [4.69, 9.17) is 0 Å². The van der Waals surface area contributed by atoms with E-state index in [9.17, 15) is 18.0 Å². The molecule has 1 N–H and O–H groups in total. The minimum Gasteiger partial charge on any atom is -0.465 e. The van der Waals surface area contributed by atoms with Gasteiger partial charge in [0, 0.05) is 33.2 Å². The summed E-state index contributed by atoms with van der Waals surface area (Å²) in [7, 11) is -1.30. The van der Waals surface area contributed by atoms with Gasteiger partial charge in [0.1, 0.15) is 0 Å². The third kappa shape index (κ3) is 4.11. The Balaban J connectivity index is 2.14. The second kappa shape index (κ2) is 7.73. The van der Waals surface area contributed by atoms with E-state index in [1.54, 1.807) is 4.90 Å². The summed E-state index contributed by atoms with van der Waals surface area (Å²) in [5, 5.41) is 3.13. The topological polar surface area (TPSA) is 96.0 Å². The predicted molar refractivity (Wildman–Crippen MR) is 87.0 cm³/mol. The zero-order chi connectivity index (χ0) is 17.7. The highest BCUT2D eigenvalue weighted by atomic mass is 32.2. The third-order valence-electron chi connectivity index (χ3n) is 3.79. The molecular weight excluding hydrogens is 334 g/mol. The Bertz CT molecular complexity index is 714. The highest BCUT2D eigenvalue weighted by Gasteiger charge is 2.26. The van der Waals surface area contributed by atoms with Gasteiger partial charge in [-0.25, -0.2) is 13.2 Å². The van der Waals surface area contributed by atoms with Crippen LogP contribution in [0, 0.1) is 0 Å². The van der Waals surface area contributed by atoms with E-state index in [2.05, 4.69) is 10.1 Å². The van der Waals surface area contributed by atoms with Crippen LogP contribution < -0.4 is 5.32 Å². The molecule has 2 rings (SSSR count). The number of piperazine rings is 1. The number of methoxy groups -OCH3 is 1. The van der Waals surface area contributed by atoms with Crippen molar-refractivity contribution in [1.29, 1.82) is 0 Å². The molecule has 1 fully saturated rings. The van der Waals surface area contributed by atoms with Gasteiger partial charge in [0.2, 0.25) is 15.9 Å². The summed E-state index contributed by atoms with van der Waals surface area (Å²) >= 11 is 0. The Hall–Kier alpha value is -1.97. The summed E-state index contributed by atoms with van der Waals surface area (Å²) < 4.78 is 30.8. The van der Waals surface area contributed by atoms with E-state index in [1.807, 2.05) is 0 Å². The lowest BCUT2D eigenvalue weighted by Gasteiger charge is -2.29. The van der Waals surface area contributed by atoms with E-state index >= 15 is 0 Å². The number of hydrogen-bond donors (Lipinski definition) is 1. The second-order valence-electron chi connectivity index (χ2n) is 5.41. The Morgan fingerprint density at radius 3 is 2.58 bits per heavy atom. The van der Waals surface area contributed by atoms with Crippen LogP contribution in [-0.4, -0.2) is 76.4 Å². The fourth-order valence-electron chi connectivity index (χ4n) is 2.37. The fourth-order valence-corrected chi connectivity index (χ4v) is 3.54. The van der Waals surface area contributed by atoms with Gasteiger partial charge in [0.25, 0.3) is 0 Å². The average Bonchev–Trinajstić information content (AvgIpc) is 2.61. The lowest BCUT2D eigenvalue weighted by Crippen LogP contribution is -2.49. The third-order valence-corrected chi connectivity index (χ3v) is 5.59. The minimum absolute atomic E-state index is 0.0546. The molecule has 24 heavy (non-hydrogen) atoms. The van der Waals surface area contributed by atoms with Crippen LogP contribution in [0.2, 0.25) is 0 Å². The first-order valence-corrected chi connectivity index (χ1v) is 8.93. The normalized spacial score (nSPS) is 15.4. The first kappa shape index (κ1) is 18.4. The monoisotopic (exact) mass is 355 g/mol. The molecule has 0 aromatic heterocycles. The number of carbonyl (C=O) groups is 2. The molecule has 0 bridgehead atoms. The molecule has 1 aliphatic heterocycles. The van der Waals surface area contributed by atoms with Gasteiger partial charge < -0.3 is 15.0 Å². The van der Waals surface area contributed by atoms with Gasteiger partial charge >= 0.3 is 5.97 Å². The van der Waals surface area contributed by atoms with Gasteiger partial charge in [-0.3, -0.25) is 4.79 Å². The molecule has 0 unspecified atom stereocenters. The van der Waals surface area contributed by atoms with Crippen LogP contribution in [0.5, 0.6) is 0 Å². The average molecular weight is 355 g/mol. The Kier molecular flexibility index (Phi) is 5.92. The van der Waals surface area contributed by atoms with Gasteiger partial charge in [0.05, 0.1) is 24.1 Å². The second-order valence-corrected chi connectivity index (χ2v) is 7.46. The number of hydrogen-bond acceptors (Lipinski definition) is 6. The summed E-state index contributed by atoms with van der Waals surface area (Å²) in [5.74, 6) is -0.863. The van der Waals surface area contributed by atoms with Gasteiger partial charge in [-0.1, -0.05) is 6.07 Å². The maximum atomic E-state index is 12.6.